The summed E-state index contributed by atoms with van der Waals surface area (Å²) in [5.41, 5.74) is 0. The monoisotopic (exact) mass is 300 g/mol. The molecule has 5 heteroatoms. The summed E-state index contributed by atoms with van der Waals surface area (Å²) in [5, 5.41) is 12.5. The maximum Gasteiger partial charge on any atom is 0.226 e. The second-order valence-electron chi connectivity index (χ2n) is 3.01. The third-order valence-corrected chi connectivity index (χ3v) is 1.92. The van der Waals surface area contributed by atoms with Crippen molar-refractivity contribution in [3.8, 4) is 0 Å². The number of rotatable bonds is 2. The first-order valence-electron chi connectivity index (χ1n) is 4.23. The molecule has 1 aliphatic heterocycles. The third-order valence-electron chi connectivity index (χ3n) is 1.92. The van der Waals surface area contributed by atoms with Gasteiger partial charge in [-0.15, -0.1) is 0 Å². The average Bonchev–Trinajstić information content (AvgIpc) is 2.50. The van der Waals surface area contributed by atoms with E-state index in [1.807, 2.05) is 23.8 Å². The fourth-order valence-electron chi connectivity index (χ4n) is 1.32. The third kappa shape index (κ3) is 3.40. The molecule has 4 nitrogen and oxygen atoms in total. The lowest BCUT2D eigenvalue weighted by Crippen LogP contribution is -2.43. The maximum atomic E-state index is 10.5. The number of hydrogen-bond acceptors (Lipinski definition) is 3. The van der Waals surface area contributed by atoms with Crippen LogP contribution < -0.4 is 0 Å². The number of aliphatic hydroxyl groups excluding tert-OH is 1. The fraction of sp³-hybridized carbons (Fsp3) is 0.875. The van der Waals surface area contributed by atoms with Crippen LogP contribution in [0.5, 0.6) is 0 Å². The topological polar surface area (TPSA) is 43.8 Å². The smallest absolute Gasteiger partial charge is 0.226 e. The van der Waals surface area contributed by atoms with E-state index in [0.717, 1.165) is 6.54 Å². The van der Waals surface area contributed by atoms with Crippen LogP contribution in [0.1, 0.15) is 20.3 Å². The van der Waals surface area contributed by atoms with Crippen LogP contribution in [0.2, 0.25) is 0 Å². The van der Waals surface area contributed by atoms with Gasteiger partial charge in [0.15, 0.2) is 0 Å². The quantitative estimate of drug-likeness (QED) is 0.467. The summed E-state index contributed by atoms with van der Waals surface area (Å²) in [6.45, 7) is 4.75. The van der Waals surface area contributed by atoms with E-state index in [1.165, 1.54) is 5.01 Å². The Balaban J connectivity index is 0.000000671. The first-order valence-corrected chi connectivity index (χ1v) is 6.38. The number of aliphatic hydroxyl groups is 1. The van der Waals surface area contributed by atoms with Gasteiger partial charge in [-0.25, -0.2) is 10.0 Å². The summed E-state index contributed by atoms with van der Waals surface area (Å²) < 4.78 is 0. The molecule has 1 atom stereocenters. The Morgan fingerprint density at radius 1 is 1.54 bits per heavy atom. The normalized spacial score (nSPS) is 22.9. The lowest BCUT2D eigenvalue weighted by atomic mass is 10.3. The molecular formula is C8H17IN2O2. The first kappa shape index (κ1) is 13.1. The Kier molecular flexibility index (Phi) is 6.62. The number of nitrogens with zero attached hydrogens (tertiary/aromatic N) is 2. The predicted octanol–water partition coefficient (Wildman–Crippen LogP) is 0.844. The zero-order valence-corrected chi connectivity index (χ0v) is 10.4. The van der Waals surface area contributed by atoms with Gasteiger partial charge in [-0.1, -0.05) is 22.6 Å². The Bertz CT molecular complexity index is 155. The summed E-state index contributed by atoms with van der Waals surface area (Å²) in [6.07, 6.45) is 0.712. The molecule has 1 fully saturated rings. The number of amides is 1. The Morgan fingerprint density at radius 2 is 2.08 bits per heavy atom. The number of carbonyl (C=O) groups is 1. The molecule has 0 aromatic carbocycles. The molecule has 0 aromatic rings. The van der Waals surface area contributed by atoms with Gasteiger partial charge in [0.1, 0.15) is 6.23 Å². The van der Waals surface area contributed by atoms with Gasteiger partial charge in [-0.3, -0.25) is 4.79 Å². The summed E-state index contributed by atoms with van der Waals surface area (Å²) in [4.78, 5) is 12.4. The van der Waals surface area contributed by atoms with E-state index < -0.39 is 6.23 Å². The van der Waals surface area contributed by atoms with Crippen molar-refractivity contribution in [3.05, 3.63) is 0 Å². The van der Waals surface area contributed by atoms with Crippen molar-refractivity contribution >= 4 is 29.0 Å². The molecule has 0 spiro atoms. The number of carbonyl (C=O) groups excluding carboxylic acids is 1. The molecule has 1 heterocycles. The van der Waals surface area contributed by atoms with Crippen LogP contribution in [0.3, 0.4) is 0 Å². The van der Waals surface area contributed by atoms with Gasteiger partial charge in [0.05, 0.1) is 0 Å². The Labute approximate surface area is 93.0 Å². The molecule has 1 rings (SSSR count). The molecule has 1 amide bonds. The van der Waals surface area contributed by atoms with Crippen molar-refractivity contribution in [2.45, 2.75) is 32.5 Å². The fourth-order valence-corrected chi connectivity index (χ4v) is 1.32. The van der Waals surface area contributed by atoms with Crippen molar-refractivity contribution in [1.29, 1.82) is 0 Å². The van der Waals surface area contributed by atoms with Gasteiger partial charge in [0.25, 0.3) is 0 Å². The van der Waals surface area contributed by atoms with Gasteiger partial charge in [-0.05, 0) is 18.8 Å². The van der Waals surface area contributed by atoms with Crippen LogP contribution in [0.15, 0.2) is 0 Å². The van der Waals surface area contributed by atoms with E-state index in [-0.39, 0.29) is 6.04 Å². The van der Waals surface area contributed by atoms with Crippen LogP contribution in [0, 0.1) is 0 Å². The van der Waals surface area contributed by atoms with Gasteiger partial charge in [-0.2, -0.15) is 0 Å². The van der Waals surface area contributed by atoms with Crippen molar-refractivity contribution in [2.24, 2.45) is 0 Å². The van der Waals surface area contributed by atoms with E-state index in [4.69, 9.17) is 0 Å². The molecular weight excluding hydrogens is 283 g/mol. The summed E-state index contributed by atoms with van der Waals surface area (Å²) >= 11 is 2.15. The van der Waals surface area contributed by atoms with E-state index in [1.54, 1.807) is 0 Å². The minimum atomic E-state index is -0.616. The number of halogens is 1. The lowest BCUT2D eigenvalue weighted by molar-refractivity contribution is -0.148. The SMILES string of the molecule is CC(C)N1CCC(O)N1C=O.CI. The number of hydrazine groups is 1. The second kappa shape index (κ2) is 6.56. The van der Waals surface area contributed by atoms with Gasteiger partial charge < -0.3 is 5.11 Å². The predicted molar refractivity (Wildman–Crippen MR) is 60.3 cm³/mol. The van der Waals surface area contributed by atoms with E-state index in [9.17, 15) is 9.90 Å². The van der Waals surface area contributed by atoms with Crippen LogP contribution >= 0.6 is 22.6 Å². The van der Waals surface area contributed by atoms with Gasteiger partial charge >= 0.3 is 0 Å². The van der Waals surface area contributed by atoms with Crippen molar-refractivity contribution in [1.82, 2.24) is 10.0 Å². The van der Waals surface area contributed by atoms with Crippen molar-refractivity contribution in [2.75, 3.05) is 11.5 Å². The second-order valence-corrected chi connectivity index (χ2v) is 3.01. The summed E-state index contributed by atoms with van der Waals surface area (Å²) in [7, 11) is 0. The van der Waals surface area contributed by atoms with Crippen molar-refractivity contribution in [3.63, 3.8) is 0 Å². The molecule has 0 radical (unpaired) electrons. The lowest BCUT2D eigenvalue weighted by Gasteiger charge is -2.29. The van der Waals surface area contributed by atoms with E-state index in [0.29, 0.717) is 12.8 Å². The summed E-state index contributed by atoms with van der Waals surface area (Å²) in [6, 6.07) is 0.275. The zero-order chi connectivity index (χ0) is 10.4. The molecule has 0 aliphatic carbocycles. The van der Waals surface area contributed by atoms with Crippen LogP contribution in [0.4, 0.5) is 0 Å². The highest BCUT2D eigenvalue weighted by atomic mass is 127. The van der Waals surface area contributed by atoms with E-state index >= 15 is 0 Å². The average molecular weight is 300 g/mol. The highest BCUT2D eigenvalue weighted by Crippen LogP contribution is 2.16. The molecule has 1 unspecified atom stereocenters. The highest BCUT2D eigenvalue weighted by molar-refractivity contribution is 14.1. The summed E-state index contributed by atoms with van der Waals surface area (Å²) in [5.74, 6) is 0. The van der Waals surface area contributed by atoms with Crippen LogP contribution in [0.25, 0.3) is 0 Å². The van der Waals surface area contributed by atoms with Crippen LogP contribution in [-0.2, 0) is 4.79 Å². The van der Waals surface area contributed by atoms with Gasteiger partial charge in [0, 0.05) is 19.0 Å². The number of hydrogen-bond donors (Lipinski definition) is 1. The minimum Gasteiger partial charge on any atom is -0.372 e. The molecule has 1 aliphatic rings. The Morgan fingerprint density at radius 3 is 2.38 bits per heavy atom. The molecule has 0 saturated carbocycles. The zero-order valence-electron chi connectivity index (χ0n) is 8.27. The van der Waals surface area contributed by atoms with Gasteiger partial charge in [0.2, 0.25) is 6.41 Å². The molecule has 13 heavy (non-hydrogen) atoms. The Hall–Kier alpha value is 0.120. The first-order chi connectivity index (χ1) is 6.16. The van der Waals surface area contributed by atoms with Crippen LogP contribution in [-0.4, -0.2) is 45.3 Å². The highest BCUT2D eigenvalue weighted by Gasteiger charge is 2.30. The molecule has 0 aromatic heterocycles. The largest absolute Gasteiger partial charge is 0.372 e. The molecule has 1 N–H and O–H groups in total. The molecule has 78 valence electrons. The minimum absolute atomic E-state index is 0.275. The maximum absolute atomic E-state index is 10.5. The molecule has 1 saturated heterocycles. The van der Waals surface area contributed by atoms with E-state index in [2.05, 4.69) is 22.6 Å². The number of alkyl halides is 1. The van der Waals surface area contributed by atoms with Crippen molar-refractivity contribution < 1.29 is 9.90 Å². The standard InChI is InChI=1S/C7H14N2O2.CH3I/c1-6(2)8-4-3-7(11)9(8)5-10;1-2/h5-7,11H,3-4H2,1-2H3;1H3. The molecule has 0 bridgehead atoms.